The maximum absolute atomic E-state index is 14.9. The van der Waals surface area contributed by atoms with Gasteiger partial charge in [-0.3, -0.25) is 0 Å². The molecule has 0 radical (unpaired) electrons. The molecule has 2 aromatic carbocycles. The Morgan fingerprint density at radius 1 is 0.756 bits per heavy atom. The number of ether oxygens (including phenoxy) is 2. The van der Waals surface area contributed by atoms with Gasteiger partial charge in [0.15, 0.2) is 23.5 Å². The van der Waals surface area contributed by atoms with E-state index in [9.17, 15) is 31.5 Å². The first-order valence-electron chi connectivity index (χ1n) is 15.4. The predicted molar refractivity (Wildman–Crippen MR) is 160 cm³/mol. The lowest BCUT2D eigenvalue weighted by molar-refractivity contribution is -0.206. The predicted octanol–water partition coefficient (Wildman–Crippen LogP) is 9.60. The van der Waals surface area contributed by atoms with Gasteiger partial charge in [0.25, 0.3) is 0 Å². The van der Waals surface area contributed by atoms with Crippen molar-refractivity contribution in [2.45, 2.75) is 103 Å². The Hall–Kier alpha value is -3.89. The molecule has 0 aliphatic rings. The van der Waals surface area contributed by atoms with E-state index in [2.05, 4.69) is 21.6 Å². The maximum Gasteiger partial charge on any atom is 0.425 e. The zero-order valence-electron chi connectivity index (χ0n) is 25.6. The summed E-state index contributed by atoms with van der Waals surface area (Å²) in [4.78, 5) is 33.5. The zero-order valence-corrected chi connectivity index (χ0v) is 25.6. The van der Waals surface area contributed by atoms with Gasteiger partial charge in [0, 0.05) is 12.4 Å². The maximum atomic E-state index is 14.9. The topological polar surface area (TPSA) is 78.4 Å². The second-order valence-electron chi connectivity index (χ2n) is 10.9. The van der Waals surface area contributed by atoms with Gasteiger partial charge in [0.2, 0.25) is 0 Å². The first-order chi connectivity index (χ1) is 21.5. The Bertz CT molecular complexity index is 1400. The van der Waals surface area contributed by atoms with Gasteiger partial charge in [0.1, 0.15) is 5.82 Å². The van der Waals surface area contributed by atoms with E-state index in [1.54, 1.807) is 12.4 Å². The summed E-state index contributed by atoms with van der Waals surface area (Å²) < 4.78 is 79.3. The third kappa shape index (κ3) is 11.2. The van der Waals surface area contributed by atoms with Crippen LogP contribution >= 0.6 is 0 Å². The minimum absolute atomic E-state index is 0.0641. The molecular formula is C34H39F5N2O4. The molecule has 0 fully saturated rings. The van der Waals surface area contributed by atoms with Crippen molar-refractivity contribution in [3.05, 3.63) is 77.1 Å². The van der Waals surface area contributed by atoms with E-state index in [-0.39, 0.29) is 23.4 Å². The lowest BCUT2D eigenvalue weighted by Gasteiger charge is -2.20. The van der Waals surface area contributed by atoms with Gasteiger partial charge in [-0.25, -0.2) is 28.3 Å². The highest BCUT2D eigenvalue weighted by atomic mass is 19.4. The summed E-state index contributed by atoms with van der Waals surface area (Å²) in [6, 6.07) is 6.01. The van der Waals surface area contributed by atoms with Crippen LogP contribution in [-0.2, 0) is 11.2 Å². The highest BCUT2D eigenvalue weighted by Crippen LogP contribution is 2.29. The van der Waals surface area contributed by atoms with Gasteiger partial charge in [-0.15, -0.1) is 0 Å². The van der Waals surface area contributed by atoms with E-state index in [4.69, 9.17) is 4.74 Å². The third-order valence-electron chi connectivity index (χ3n) is 7.27. The molecule has 0 N–H and O–H groups in total. The SMILES string of the molecule is CCCCCCCCc1cnc(-c2ccc(C(=O)Oc3ccc(C(=O)OC(CCCCCC)C(F)(F)F)cc3F)cc2F)nc1. The molecule has 45 heavy (non-hydrogen) atoms. The largest absolute Gasteiger partial charge is 0.449 e. The number of carbonyl (C=O) groups is 2. The average molecular weight is 635 g/mol. The van der Waals surface area contributed by atoms with Crippen LogP contribution in [0.2, 0.25) is 0 Å². The molecule has 11 heteroatoms. The number of aromatic nitrogens is 2. The van der Waals surface area contributed by atoms with E-state index in [0.717, 1.165) is 55.9 Å². The lowest BCUT2D eigenvalue weighted by Crippen LogP contribution is -2.33. The number of hydrogen-bond acceptors (Lipinski definition) is 6. The van der Waals surface area contributed by atoms with Crippen LogP contribution in [0.25, 0.3) is 11.4 Å². The zero-order chi connectivity index (χ0) is 32.8. The monoisotopic (exact) mass is 634 g/mol. The second kappa shape index (κ2) is 17.6. The summed E-state index contributed by atoms with van der Waals surface area (Å²) in [5.41, 5.74) is 0.298. The Balaban J connectivity index is 1.59. The number of alkyl halides is 3. The van der Waals surface area contributed by atoms with Crippen molar-refractivity contribution in [3.63, 3.8) is 0 Å². The molecule has 0 saturated heterocycles. The van der Waals surface area contributed by atoms with Crippen molar-refractivity contribution in [2.24, 2.45) is 0 Å². The number of carbonyl (C=O) groups excluding carboxylic acids is 2. The molecule has 0 bridgehead atoms. The van der Waals surface area contributed by atoms with E-state index in [1.807, 2.05) is 6.92 Å². The molecule has 0 saturated carbocycles. The number of unbranched alkanes of at least 4 members (excludes halogenated alkanes) is 8. The average Bonchev–Trinajstić information content (AvgIpc) is 3.01. The van der Waals surface area contributed by atoms with E-state index < -0.39 is 53.6 Å². The van der Waals surface area contributed by atoms with Crippen molar-refractivity contribution in [2.75, 3.05) is 0 Å². The fraction of sp³-hybridized carbons (Fsp3) is 0.471. The number of halogens is 5. The van der Waals surface area contributed by atoms with Crippen LogP contribution in [0.1, 0.15) is 111 Å². The van der Waals surface area contributed by atoms with Crippen LogP contribution in [0.5, 0.6) is 5.75 Å². The van der Waals surface area contributed by atoms with Gasteiger partial charge in [-0.1, -0.05) is 65.2 Å². The molecule has 0 amide bonds. The Morgan fingerprint density at radius 2 is 1.33 bits per heavy atom. The van der Waals surface area contributed by atoms with Crippen molar-refractivity contribution < 1.29 is 41.0 Å². The van der Waals surface area contributed by atoms with Crippen molar-refractivity contribution >= 4 is 11.9 Å². The van der Waals surface area contributed by atoms with Gasteiger partial charge in [-0.2, -0.15) is 13.2 Å². The number of hydrogen-bond donors (Lipinski definition) is 0. The van der Waals surface area contributed by atoms with Crippen LogP contribution in [0.4, 0.5) is 22.0 Å². The van der Waals surface area contributed by atoms with Crippen molar-refractivity contribution in [3.8, 4) is 17.1 Å². The number of nitrogens with zero attached hydrogens (tertiary/aromatic N) is 2. The quantitative estimate of drug-likeness (QED) is 0.0637. The Morgan fingerprint density at radius 3 is 1.96 bits per heavy atom. The fourth-order valence-corrected chi connectivity index (χ4v) is 4.67. The molecule has 1 heterocycles. The van der Waals surface area contributed by atoms with Gasteiger partial charge >= 0.3 is 18.1 Å². The second-order valence-corrected chi connectivity index (χ2v) is 10.9. The Labute approximate surface area is 260 Å². The molecule has 1 aromatic heterocycles. The minimum atomic E-state index is -4.77. The van der Waals surface area contributed by atoms with Gasteiger partial charge < -0.3 is 9.47 Å². The minimum Gasteiger partial charge on any atom is -0.449 e. The number of benzene rings is 2. The molecule has 0 aliphatic carbocycles. The van der Waals surface area contributed by atoms with Crippen molar-refractivity contribution in [1.82, 2.24) is 9.97 Å². The summed E-state index contributed by atoms with van der Waals surface area (Å²) in [7, 11) is 0. The first kappa shape index (κ1) is 35.6. The van der Waals surface area contributed by atoms with Crippen LogP contribution < -0.4 is 4.74 Å². The molecule has 1 atom stereocenters. The third-order valence-corrected chi connectivity index (χ3v) is 7.27. The summed E-state index contributed by atoms with van der Waals surface area (Å²) in [5, 5.41) is 0. The van der Waals surface area contributed by atoms with Crippen LogP contribution in [0, 0.1) is 11.6 Å². The van der Waals surface area contributed by atoms with Gasteiger partial charge in [-0.05, 0) is 67.6 Å². The Kier molecular flexibility index (Phi) is 13.9. The number of esters is 2. The van der Waals surface area contributed by atoms with Crippen molar-refractivity contribution in [1.29, 1.82) is 0 Å². The number of aryl methyl sites for hydroxylation is 1. The standard InChI is InChI=1S/C34H39F5N2O4/c1-3-5-7-9-10-11-13-23-21-40-31(41-22-23)26-17-15-24(19-27(26)35)32(42)44-29-18-16-25(20-28(29)36)33(43)45-30(34(37,38)39)14-12-8-6-4-2/h15-22,30H,3-14H2,1-2H3. The van der Waals surface area contributed by atoms with Crippen LogP contribution in [0.3, 0.4) is 0 Å². The highest BCUT2D eigenvalue weighted by molar-refractivity contribution is 5.92. The van der Waals surface area contributed by atoms with Crippen LogP contribution in [0.15, 0.2) is 48.8 Å². The summed E-state index contributed by atoms with van der Waals surface area (Å²) in [6.45, 7) is 4.09. The molecule has 0 spiro atoms. The first-order valence-corrected chi connectivity index (χ1v) is 15.4. The van der Waals surface area contributed by atoms with Crippen LogP contribution in [-0.4, -0.2) is 34.2 Å². The number of rotatable bonds is 17. The molecule has 6 nitrogen and oxygen atoms in total. The fourth-order valence-electron chi connectivity index (χ4n) is 4.67. The smallest absolute Gasteiger partial charge is 0.425 e. The summed E-state index contributed by atoms with van der Waals surface area (Å²) >= 11 is 0. The molecule has 0 aliphatic heterocycles. The highest BCUT2D eigenvalue weighted by Gasteiger charge is 2.42. The van der Waals surface area contributed by atoms with Gasteiger partial charge in [0.05, 0.1) is 16.7 Å². The molecule has 3 rings (SSSR count). The molecule has 3 aromatic rings. The molecular weight excluding hydrogens is 595 g/mol. The normalized spacial score (nSPS) is 12.2. The summed E-state index contributed by atoms with van der Waals surface area (Å²) in [5.74, 6) is -4.89. The van der Waals surface area contributed by atoms with E-state index in [1.165, 1.54) is 37.8 Å². The van der Waals surface area contributed by atoms with E-state index >= 15 is 0 Å². The lowest BCUT2D eigenvalue weighted by atomic mass is 10.1. The summed E-state index contributed by atoms with van der Waals surface area (Å²) in [6.07, 6.45) is 5.95. The molecule has 244 valence electrons. The van der Waals surface area contributed by atoms with E-state index in [0.29, 0.717) is 12.5 Å². The molecule has 1 unspecified atom stereocenters.